The Morgan fingerprint density at radius 1 is 0.789 bits per heavy atom. The minimum atomic E-state index is 0.843. The summed E-state index contributed by atoms with van der Waals surface area (Å²) in [7, 11) is 0. The highest BCUT2D eigenvalue weighted by Crippen LogP contribution is 2.28. The Morgan fingerprint density at radius 2 is 1.53 bits per heavy atom. The molecule has 19 heavy (non-hydrogen) atoms. The summed E-state index contributed by atoms with van der Waals surface area (Å²) in [6.07, 6.45) is 0. The standard InChI is InChI=1S/C17H13ClS/c18-17-8-4-3-7-15(17)12-19-16-10-9-13-5-1-2-6-14(13)11-16/h1-11H,12H2. The molecule has 3 rings (SSSR count). The van der Waals surface area contributed by atoms with Crippen molar-refractivity contribution >= 4 is 34.1 Å². The number of thioether (sulfide) groups is 1. The van der Waals surface area contributed by atoms with Crippen LogP contribution in [0.15, 0.2) is 71.6 Å². The highest BCUT2D eigenvalue weighted by Gasteiger charge is 2.01. The molecular formula is C17H13ClS. The Kier molecular flexibility index (Phi) is 3.77. The lowest BCUT2D eigenvalue weighted by Crippen LogP contribution is -1.82. The lowest BCUT2D eigenvalue weighted by molar-refractivity contribution is 1.39. The van der Waals surface area contributed by atoms with Crippen LogP contribution in [0, 0.1) is 0 Å². The summed E-state index contributed by atoms with van der Waals surface area (Å²) in [6, 6.07) is 23.0. The Bertz CT molecular complexity index is 706. The third-order valence-electron chi connectivity index (χ3n) is 3.07. The molecule has 0 aliphatic heterocycles. The maximum atomic E-state index is 6.17. The highest BCUT2D eigenvalue weighted by molar-refractivity contribution is 7.98. The van der Waals surface area contributed by atoms with Crippen LogP contribution in [0.4, 0.5) is 0 Å². The normalized spacial score (nSPS) is 10.8. The molecule has 0 saturated carbocycles. The van der Waals surface area contributed by atoms with E-state index in [2.05, 4.69) is 48.5 Å². The van der Waals surface area contributed by atoms with Gasteiger partial charge in [0.25, 0.3) is 0 Å². The van der Waals surface area contributed by atoms with Crippen molar-refractivity contribution in [1.29, 1.82) is 0 Å². The molecule has 0 aromatic heterocycles. The van der Waals surface area contributed by atoms with E-state index in [1.54, 1.807) is 0 Å². The molecule has 3 aromatic rings. The Labute approximate surface area is 122 Å². The zero-order valence-electron chi connectivity index (χ0n) is 10.3. The average molecular weight is 285 g/mol. The predicted octanol–water partition coefficient (Wildman–Crippen LogP) is 5.79. The molecule has 0 spiro atoms. The van der Waals surface area contributed by atoms with Gasteiger partial charge in [-0.05, 0) is 34.5 Å². The van der Waals surface area contributed by atoms with Crippen molar-refractivity contribution in [1.82, 2.24) is 0 Å². The van der Waals surface area contributed by atoms with Gasteiger partial charge in [0.1, 0.15) is 0 Å². The fourth-order valence-corrected chi connectivity index (χ4v) is 3.26. The van der Waals surface area contributed by atoms with E-state index in [1.165, 1.54) is 21.2 Å². The van der Waals surface area contributed by atoms with Crippen molar-refractivity contribution < 1.29 is 0 Å². The molecule has 0 N–H and O–H groups in total. The Morgan fingerprint density at radius 3 is 2.37 bits per heavy atom. The fourth-order valence-electron chi connectivity index (χ4n) is 2.03. The maximum Gasteiger partial charge on any atom is 0.0446 e. The zero-order chi connectivity index (χ0) is 13.1. The van der Waals surface area contributed by atoms with Gasteiger partial charge in [-0.25, -0.2) is 0 Å². The van der Waals surface area contributed by atoms with Crippen LogP contribution in [0.2, 0.25) is 5.02 Å². The second-order valence-corrected chi connectivity index (χ2v) is 5.84. The summed E-state index contributed by atoms with van der Waals surface area (Å²) in [5.41, 5.74) is 1.18. The van der Waals surface area contributed by atoms with Crippen LogP contribution in [-0.4, -0.2) is 0 Å². The monoisotopic (exact) mass is 284 g/mol. The number of hydrogen-bond donors (Lipinski definition) is 0. The van der Waals surface area contributed by atoms with Crippen LogP contribution in [0.1, 0.15) is 5.56 Å². The third-order valence-corrected chi connectivity index (χ3v) is 4.48. The predicted molar refractivity (Wildman–Crippen MR) is 85.0 cm³/mol. The maximum absolute atomic E-state index is 6.17. The lowest BCUT2D eigenvalue weighted by atomic mass is 10.1. The molecule has 0 aliphatic carbocycles. The number of fused-ring (bicyclic) bond motifs is 1. The summed E-state index contributed by atoms with van der Waals surface area (Å²) in [5, 5.41) is 3.41. The van der Waals surface area contributed by atoms with E-state index in [9.17, 15) is 0 Å². The summed E-state index contributed by atoms with van der Waals surface area (Å²) in [5.74, 6) is 0.901. The van der Waals surface area contributed by atoms with Gasteiger partial charge in [0, 0.05) is 15.7 Å². The topological polar surface area (TPSA) is 0 Å². The van der Waals surface area contributed by atoms with Crippen LogP contribution in [0.25, 0.3) is 10.8 Å². The largest absolute Gasteiger partial charge is 0.121 e. The highest BCUT2D eigenvalue weighted by atomic mass is 35.5. The zero-order valence-corrected chi connectivity index (χ0v) is 11.9. The average Bonchev–Trinajstić information content (AvgIpc) is 2.46. The molecular weight excluding hydrogens is 272 g/mol. The van der Waals surface area contributed by atoms with Gasteiger partial charge >= 0.3 is 0 Å². The van der Waals surface area contributed by atoms with E-state index in [0.29, 0.717) is 0 Å². The second-order valence-electron chi connectivity index (χ2n) is 4.39. The van der Waals surface area contributed by atoms with Gasteiger partial charge in [-0.2, -0.15) is 0 Å². The molecule has 0 aliphatic rings. The van der Waals surface area contributed by atoms with Crippen LogP contribution in [0.5, 0.6) is 0 Å². The number of halogens is 1. The van der Waals surface area contributed by atoms with E-state index >= 15 is 0 Å². The van der Waals surface area contributed by atoms with Gasteiger partial charge in [0.2, 0.25) is 0 Å². The molecule has 0 heterocycles. The van der Waals surface area contributed by atoms with E-state index in [0.717, 1.165) is 10.8 Å². The Hall–Kier alpha value is -1.44. The molecule has 0 unspecified atom stereocenters. The van der Waals surface area contributed by atoms with Crippen molar-refractivity contribution in [3.05, 3.63) is 77.3 Å². The minimum Gasteiger partial charge on any atom is -0.121 e. The molecule has 0 nitrogen and oxygen atoms in total. The van der Waals surface area contributed by atoms with Gasteiger partial charge in [-0.1, -0.05) is 60.1 Å². The van der Waals surface area contributed by atoms with Gasteiger partial charge in [0.05, 0.1) is 0 Å². The van der Waals surface area contributed by atoms with E-state index in [-0.39, 0.29) is 0 Å². The number of rotatable bonds is 3. The molecule has 0 fully saturated rings. The number of benzene rings is 3. The van der Waals surface area contributed by atoms with Crippen LogP contribution >= 0.6 is 23.4 Å². The van der Waals surface area contributed by atoms with Crippen molar-refractivity contribution in [3.63, 3.8) is 0 Å². The van der Waals surface area contributed by atoms with Crippen molar-refractivity contribution in [2.75, 3.05) is 0 Å². The van der Waals surface area contributed by atoms with Crippen LogP contribution in [0.3, 0.4) is 0 Å². The molecule has 2 heteroatoms. The van der Waals surface area contributed by atoms with Crippen molar-refractivity contribution in [2.45, 2.75) is 10.6 Å². The summed E-state index contributed by atoms with van der Waals surface area (Å²) in [6.45, 7) is 0. The van der Waals surface area contributed by atoms with Gasteiger partial charge in [0.15, 0.2) is 0 Å². The SMILES string of the molecule is Clc1ccccc1CSc1ccc2ccccc2c1. The molecule has 0 atom stereocenters. The van der Waals surface area contributed by atoms with E-state index in [4.69, 9.17) is 11.6 Å². The fraction of sp³-hybridized carbons (Fsp3) is 0.0588. The first-order valence-corrected chi connectivity index (χ1v) is 7.54. The summed E-state index contributed by atoms with van der Waals surface area (Å²) in [4.78, 5) is 1.28. The molecule has 94 valence electrons. The van der Waals surface area contributed by atoms with Crippen molar-refractivity contribution in [3.8, 4) is 0 Å². The molecule has 3 aromatic carbocycles. The molecule has 0 amide bonds. The van der Waals surface area contributed by atoms with E-state index < -0.39 is 0 Å². The minimum absolute atomic E-state index is 0.843. The summed E-state index contributed by atoms with van der Waals surface area (Å²) >= 11 is 7.99. The molecule has 0 bridgehead atoms. The summed E-state index contributed by atoms with van der Waals surface area (Å²) < 4.78 is 0. The van der Waals surface area contributed by atoms with Gasteiger partial charge in [-0.3, -0.25) is 0 Å². The smallest absolute Gasteiger partial charge is 0.0446 e. The van der Waals surface area contributed by atoms with Crippen LogP contribution < -0.4 is 0 Å². The first-order chi connectivity index (χ1) is 9.33. The second kappa shape index (κ2) is 5.68. The first kappa shape index (κ1) is 12.6. The first-order valence-electron chi connectivity index (χ1n) is 6.18. The lowest BCUT2D eigenvalue weighted by Gasteiger charge is -2.05. The molecule has 0 radical (unpaired) electrons. The molecule has 0 saturated heterocycles. The van der Waals surface area contributed by atoms with Crippen molar-refractivity contribution in [2.24, 2.45) is 0 Å². The van der Waals surface area contributed by atoms with Crippen LogP contribution in [-0.2, 0) is 5.75 Å². The quantitative estimate of drug-likeness (QED) is 0.549. The third kappa shape index (κ3) is 2.94. The van der Waals surface area contributed by atoms with Gasteiger partial charge in [-0.15, -0.1) is 11.8 Å². The number of hydrogen-bond acceptors (Lipinski definition) is 1. The van der Waals surface area contributed by atoms with Gasteiger partial charge < -0.3 is 0 Å². The van der Waals surface area contributed by atoms with E-state index in [1.807, 2.05) is 30.0 Å². The Balaban J connectivity index is 1.80.